The summed E-state index contributed by atoms with van der Waals surface area (Å²) in [6.45, 7) is 4.12. The van der Waals surface area contributed by atoms with E-state index in [9.17, 15) is 9.50 Å². The fourth-order valence-electron chi connectivity index (χ4n) is 2.32. The highest BCUT2D eigenvalue weighted by Gasteiger charge is 2.39. The van der Waals surface area contributed by atoms with E-state index in [2.05, 4.69) is 12.2 Å². The third-order valence-corrected chi connectivity index (χ3v) is 4.11. The summed E-state index contributed by atoms with van der Waals surface area (Å²) in [4.78, 5) is 0. The molecule has 0 aromatic heterocycles. The van der Waals surface area contributed by atoms with Crippen LogP contribution in [0, 0.1) is 11.2 Å². The van der Waals surface area contributed by atoms with Crippen molar-refractivity contribution >= 4 is 0 Å². The molecule has 4 heteroatoms. The van der Waals surface area contributed by atoms with Crippen LogP contribution in [-0.2, 0) is 11.3 Å². The number of ether oxygens (including phenoxy) is 1. The minimum Gasteiger partial charge on any atom is -0.389 e. The zero-order valence-electron chi connectivity index (χ0n) is 12.1. The minimum absolute atomic E-state index is 0.197. The van der Waals surface area contributed by atoms with Gasteiger partial charge in [0.25, 0.3) is 0 Å². The van der Waals surface area contributed by atoms with Crippen LogP contribution in [0.25, 0.3) is 0 Å². The molecule has 1 aliphatic carbocycles. The first-order chi connectivity index (χ1) is 9.65. The van der Waals surface area contributed by atoms with Crippen molar-refractivity contribution in [2.45, 2.75) is 38.9 Å². The van der Waals surface area contributed by atoms with Crippen LogP contribution in [0.5, 0.6) is 0 Å². The fourth-order valence-corrected chi connectivity index (χ4v) is 2.32. The van der Waals surface area contributed by atoms with Crippen LogP contribution in [0.3, 0.4) is 0 Å². The van der Waals surface area contributed by atoms with Gasteiger partial charge in [0.15, 0.2) is 0 Å². The van der Waals surface area contributed by atoms with Crippen LogP contribution in [0.2, 0.25) is 0 Å². The molecule has 1 fully saturated rings. The standard InChI is InChI=1S/C16H24FNO2/c1-2-16(7-8-16)12-18-9-14(19)11-20-10-13-5-3-4-6-15(13)17/h3-6,14,18-19H,2,7-12H2,1H3. The van der Waals surface area contributed by atoms with Crippen LogP contribution in [-0.4, -0.2) is 30.9 Å². The van der Waals surface area contributed by atoms with Crippen molar-refractivity contribution in [3.05, 3.63) is 35.6 Å². The summed E-state index contributed by atoms with van der Waals surface area (Å²) in [5.74, 6) is -0.265. The summed E-state index contributed by atoms with van der Waals surface area (Å²) in [5.41, 5.74) is 1.00. The Morgan fingerprint density at radius 3 is 2.80 bits per heavy atom. The topological polar surface area (TPSA) is 41.5 Å². The number of nitrogens with one attached hydrogen (secondary N) is 1. The smallest absolute Gasteiger partial charge is 0.128 e. The quantitative estimate of drug-likeness (QED) is 0.730. The second-order valence-corrected chi connectivity index (χ2v) is 5.74. The average Bonchev–Trinajstić information content (AvgIpc) is 3.21. The largest absolute Gasteiger partial charge is 0.389 e. The zero-order valence-corrected chi connectivity index (χ0v) is 12.1. The summed E-state index contributed by atoms with van der Waals surface area (Å²) in [6.07, 6.45) is 3.22. The highest BCUT2D eigenvalue weighted by Crippen LogP contribution is 2.47. The molecule has 1 aromatic carbocycles. The van der Waals surface area contributed by atoms with Crippen molar-refractivity contribution < 1.29 is 14.2 Å². The van der Waals surface area contributed by atoms with Gasteiger partial charge in [-0.3, -0.25) is 0 Å². The predicted molar refractivity (Wildman–Crippen MR) is 76.9 cm³/mol. The van der Waals surface area contributed by atoms with E-state index in [4.69, 9.17) is 4.74 Å². The van der Waals surface area contributed by atoms with E-state index in [0.29, 0.717) is 17.5 Å². The van der Waals surface area contributed by atoms with Crippen molar-refractivity contribution in [3.8, 4) is 0 Å². The van der Waals surface area contributed by atoms with Gasteiger partial charge in [0.2, 0.25) is 0 Å². The Morgan fingerprint density at radius 1 is 1.40 bits per heavy atom. The molecule has 0 bridgehead atoms. The number of hydrogen-bond donors (Lipinski definition) is 2. The van der Waals surface area contributed by atoms with Crippen molar-refractivity contribution in [1.29, 1.82) is 0 Å². The van der Waals surface area contributed by atoms with E-state index >= 15 is 0 Å². The molecule has 112 valence electrons. The van der Waals surface area contributed by atoms with Gasteiger partial charge in [0, 0.05) is 18.7 Å². The first-order valence-electron chi connectivity index (χ1n) is 7.35. The lowest BCUT2D eigenvalue weighted by Gasteiger charge is -2.16. The molecule has 2 rings (SSSR count). The van der Waals surface area contributed by atoms with Crippen LogP contribution in [0.15, 0.2) is 24.3 Å². The lowest BCUT2D eigenvalue weighted by atomic mass is 10.0. The number of aliphatic hydroxyl groups is 1. The molecule has 1 aromatic rings. The van der Waals surface area contributed by atoms with Gasteiger partial charge < -0.3 is 15.2 Å². The molecule has 1 saturated carbocycles. The first-order valence-corrected chi connectivity index (χ1v) is 7.35. The average molecular weight is 281 g/mol. The number of halogens is 1. The second kappa shape index (κ2) is 7.16. The van der Waals surface area contributed by atoms with Gasteiger partial charge in [0.1, 0.15) is 5.82 Å². The molecular formula is C16H24FNO2. The Balaban J connectivity index is 1.58. The van der Waals surface area contributed by atoms with Crippen molar-refractivity contribution in [3.63, 3.8) is 0 Å². The van der Waals surface area contributed by atoms with Crippen LogP contribution >= 0.6 is 0 Å². The van der Waals surface area contributed by atoms with Gasteiger partial charge >= 0.3 is 0 Å². The number of aliphatic hydroxyl groups excluding tert-OH is 1. The minimum atomic E-state index is -0.547. The fraction of sp³-hybridized carbons (Fsp3) is 0.625. The molecule has 0 aliphatic heterocycles. The molecule has 1 aliphatic rings. The van der Waals surface area contributed by atoms with E-state index in [1.165, 1.54) is 25.3 Å². The van der Waals surface area contributed by atoms with E-state index < -0.39 is 6.10 Å². The zero-order chi connectivity index (χ0) is 14.4. The molecule has 0 heterocycles. The van der Waals surface area contributed by atoms with E-state index in [0.717, 1.165) is 6.54 Å². The van der Waals surface area contributed by atoms with Gasteiger partial charge in [-0.1, -0.05) is 25.1 Å². The lowest BCUT2D eigenvalue weighted by molar-refractivity contribution is 0.0274. The van der Waals surface area contributed by atoms with Crippen molar-refractivity contribution in [2.24, 2.45) is 5.41 Å². The van der Waals surface area contributed by atoms with E-state index in [1.54, 1.807) is 18.2 Å². The maximum Gasteiger partial charge on any atom is 0.128 e. The molecule has 0 radical (unpaired) electrons. The van der Waals surface area contributed by atoms with E-state index in [1.807, 2.05) is 0 Å². The SMILES string of the molecule is CCC1(CNCC(O)COCc2ccccc2F)CC1. The maximum atomic E-state index is 13.3. The second-order valence-electron chi connectivity index (χ2n) is 5.74. The molecule has 3 nitrogen and oxygen atoms in total. The number of hydrogen-bond acceptors (Lipinski definition) is 3. The summed E-state index contributed by atoms with van der Waals surface area (Å²) in [5, 5.41) is 13.1. The maximum absolute atomic E-state index is 13.3. The molecule has 0 amide bonds. The summed E-state index contributed by atoms with van der Waals surface area (Å²) in [7, 11) is 0. The summed E-state index contributed by atoms with van der Waals surface area (Å²) < 4.78 is 18.7. The van der Waals surface area contributed by atoms with Crippen molar-refractivity contribution in [1.82, 2.24) is 5.32 Å². The highest BCUT2D eigenvalue weighted by atomic mass is 19.1. The number of benzene rings is 1. The lowest BCUT2D eigenvalue weighted by Crippen LogP contribution is -2.34. The molecule has 0 spiro atoms. The summed E-state index contributed by atoms with van der Waals surface area (Å²) >= 11 is 0. The Kier molecular flexibility index (Phi) is 5.52. The normalized spacial score (nSPS) is 17.9. The van der Waals surface area contributed by atoms with Crippen LogP contribution in [0.1, 0.15) is 31.7 Å². The molecule has 1 atom stereocenters. The van der Waals surface area contributed by atoms with Crippen LogP contribution < -0.4 is 5.32 Å². The molecule has 1 unspecified atom stereocenters. The Morgan fingerprint density at radius 2 is 2.15 bits per heavy atom. The Bertz CT molecular complexity index is 421. The molecule has 2 N–H and O–H groups in total. The van der Waals surface area contributed by atoms with Crippen LogP contribution in [0.4, 0.5) is 4.39 Å². The van der Waals surface area contributed by atoms with Gasteiger partial charge in [-0.15, -0.1) is 0 Å². The van der Waals surface area contributed by atoms with Gasteiger partial charge in [-0.25, -0.2) is 4.39 Å². The molecule has 20 heavy (non-hydrogen) atoms. The van der Waals surface area contributed by atoms with Crippen molar-refractivity contribution in [2.75, 3.05) is 19.7 Å². The first kappa shape index (κ1) is 15.4. The third-order valence-electron chi connectivity index (χ3n) is 4.11. The highest BCUT2D eigenvalue weighted by molar-refractivity contribution is 5.16. The van der Waals surface area contributed by atoms with Gasteiger partial charge in [-0.05, 0) is 30.7 Å². The van der Waals surface area contributed by atoms with Gasteiger partial charge in [0.05, 0.1) is 19.3 Å². The third kappa shape index (κ3) is 4.54. The van der Waals surface area contributed by atoms with Gasteiger partial charge in [-0.2, -0.15) is 0 Å². The Hall–Kier alpha value is -0.970. The molecular weight excluding hydrogens is 257 g/mol. The van der Waals surface area contributed by atoms with E-state index in [-0.39, 0.29) is 19.0 Å². The monoisotopic (exact) mass is 281 g/mol. The summed E-state index contributed by atoms with van der Waals surface area (Å²) in [6, 6.07) is 6.53. The Labute approximate surface area is 120 Å². The number of rotatable bonds is 9. The predicted octanol–water partition coefficient (Wildman–Crippen LogP) is 2.48. The molecule has 0 saturated heterocycles.